The number of amides is 1. The molecule has 0 fully saturated rings. The number of nitrogens with zero attached hydrogens (tertiary/aromatic N) is 1. The summed E-state index contributed by atoms with van der Waals surface area (Å²) < 4.78 is 0. The monoisotopic (exact) mass is 251 g/mol. The molecule has 1 amide bonds. The van der Waals surface area contributed by atoms with Crippen molar-refractivity contribution in [2.75, 3.05) is 27.2 Å². The summed E-state index contributed by atoms with van der Waals surface area (Å²) >= 11 is 0. The van der Waals surface area contributed by atoms with Crippen molar-refractivity contribution in [2.45, 2.75) is 13.8 Å². The molecular formula is C13H21N3O2. The Bertz CT molecular complexity index is 463. The van der Waals surface area contributed by atoms with Gasteiger partial charge >= 0.3 is 0 Å². The van der Waals surface area contributed by atoms with Gasteiger partial charge in [-0.3, -0.25) is 9.59 Å². The van der Waals surface area contributed by atoms with E-state index in [2.05, 4.69) is 29.0 Å². The average molecular weight is 251 g/mol. The van der Waals surface area contributed by atoms with Gasteiger partial charge in [0.1, 0.15) is 5.56 Å². The van der Waals surface area contributed by atoms with Crippen molar-refractivity contribution in [3.8, 4) is 0 Å². The molecular weight excluding hydrogens is 230 g/mol. The van der Waals surface area contributed by atoms with E-state index in [-0.39, 0.29) is 22.4 Å². The quantitative estimate of drug-likeness (QED) is 0.809. The Morgan fingerprint density at radius 2 is 2.11 bits per heavy atom. The van der Waals surface area contributed by atoms with Gasteiger partial charge < -0.3 is 15.2 Å². The number of aromatic nitrogens is 1. The van der Waals surface area contributed by atoms with Crippen LogP contribution in [0, 0.1) is 5.41 Å². The summed E-state index contributed by atoms with van der Waals surface area (Å²) in [5.74, 6) is -0.330. The molecule has 0 aromatic carbocycles. The van der Waals surface area contributed by atoms with E-state index in [1.807, 2.05) is 14.1 Å². The highest BCUT2D eigenvalue weighted by Gasteiger charge is 2.20. The molecule has 0 aliphatic heterocycles. The second-order valence-corrected chi connectivity index (χ2v) is 5.50. The lowest BCUT2D eigenvalue weighted by Gasteiger charge is -2.28. The Balaban J connectivity index is 2.62. The fourth-order valence-electron chi connectivity index (χ4n) is 1.93. The molecule has 18 heavy (non-hydrogen) atoms. The van der Waals surface area contributed by atoms with Gasteiger partial charge in [-0.15, -0.1) is 0 Å². The predicted octanol–water partition coefficient (Wildman–Crippen LogP) is 0.692. The number of nitrogens with one attached hydrogen (secondary N) is 2. The first-order valence-corrected chi connectivity index (χ1v) is 5.92. The van der Waals surface area contributed by atoms with Gasteiger partial charge in [-0.05, 0) is 31.6 Å². The van der Waals surface area contributed by atoms with Gasteiger partial charge in [-0.25, -0.2) is 0 Å². The normalized spacial score (nSPS) is 11.6. The maximum Gasteiger partial charge on any atom is 0.260 e. The van der Waals surface area contributed by atoms with Gasteiger partial charge in [0.05, 0.1) is 0 Å². The average Bonchev–Trinajstić information content (AvgIpc) is 2.25. The second-order valence-electron chi connectivity index (χ2n) is 5.50. The number of rotatable bonds is 5. The topological polar surface area (TPSA) is 65.2 Å². The van der Waals surface area contributed by atoms with Crippen LogP contribution in [0.25, 0.3) is 0 Å². The summed E-state index contributed by atoms with van der Waals surface area (Å²) in [4.78, 5) is 27.8. The molecule has 0 atom stereocenters. The van der Waals surface area contributed by atoms with Crippen LogP contribution in [0.3, 0.4) is 0 Å². The first-order valence-electron chi connectivity index (χ1n) is 5.92. The van der Waals surface area contributed by atoms with Gasteiger partial charge in [0.25, 0.3) is 11.5 Å². The predicted molar refractivity (Wildman–Crippen MR) is 71.7 cm³/mol. The number of hydrogen-bond donors (Lipinski definition) is 2. The van der Waals surface area contributed by atoms with E-state index in [1.165, 1.54) is 12.3 Å². The number of aromatic amines is 1. The summed E-state index contributed by atoms with van der Waals surface area (Å²) in [5.41, 5.74) is -0.251. The van der Waals surface area contributed by atoms with E-state index in [1.54, 1.807) is 6.07 Å². The van der Waals surface area contributed by atoms with Crippen LogP contribution in [0.2, 0.25) is 0 Å². The lowest BCUT2D eigenvalue weighted by atomic mass is 9.93. The van der Waals surface area contributed by atoms with E-state index in [4.69, 9.17) is 0 Å². The lowest BCUT2D eigenvalue weighted by Crippen LogP contribution is -2.41. The van der Waals surface area contributed by atoms with Crippen LogP contribution in [-0.2, 0) is 0 Å². The molecule has 1 rings (SSSR count). The molecule has 0 saturated carbocycles. The molecule has 2 N–H and O–H groups in total. The maximum absolute atomic E-state index is 11.9. The van der Waals surface area contributed by atoms with Crippen LogP contribution >= 0.6 is 0 Å². The van der Waals surface area contributed by atoms with Crippen LogP contribution in [-0.4, -0.2) is 43.0 Å². The van der Waals surface area contributed by atoms with Crippen LogP contribution in [0.4, 0.5) is 0 Å². The molecule has 0 unspecified atom stereocenters. The largest absolute Gasteiger partial charge is 0.351 e. The minimum atomic E-state index is -0.361. The first-order chi connectivity index (χ1) is 8.32. The first kappa shape index (κ1) is 14.4. The van der Waals surface area contributed by atoms with Gasteiger partial charge in [-0.2, -0.15) is 0 Å². The molecule has 1 aromatic rings. The number of hydrogen-bond acceptors (Lipinski definition) is 3. The Hall–Kier alpha value is -1.62. The SMILES string of the molecule is CN(C)CC(C)(C)CNC(=O)c1ccc[nH]c1=O. The highest BCUT2D eigenvalue weighted by atomic mass is 16.2. The van der Waals surface area contributed by atoms with E-state index in [0.717, 1.165) is 6.54 Å². The van der Waals surface area contributed by atoms with E-state index in [9.17, 15) is 9.59 Å². The maximum atomic E-state index is 11.9. The zero-order valence-corrected chi connectivity index (χ0v) is 11.4. The second kappa shape index (κ2) is 5.82. The van der Waals surface area contributed by atoms with Gasteiger partial charge in [-0.1, -0.05) is 13.8 Å². The van der Waals surface area contributed by atoms with Crippen molar-refractivity contribution in [1.29, 1.82) is 0 Å². The summed E-state index contributed by atoms with van der Waals surface area (Å²) in [6, 6.07) is 3.16. The van der Waals surface area contributed by atoms with Crippen LogP contribution in [0.1, 0.15) is 24.2 Å². The zero-order chi connectivity index (χ0) is 13.8. The molecule has 100 valence electrons. The third-order valence-corrected chi connectivity index (χ3v) is 2.53. The highest BCUT2D eigenvalue weighted by Crippen LogP contribution is 2.14. The Kier molecular flexibility index (Phi) is 4.67. The Morgan fingerprint density at radius 1 is 1.44 bits per heavy atom. The van der Waals surface area contributed by atoms with Gasteiger partial charge in [0.15, 0.2) is 0 Å². The minimum Gasteiger partial charge on any atom is -0.351 e. The zero-order valence-electron chi connectivity index (χ0n) is 11.4. The van der Waals surface area contributed by atoms with E-state index < -0.39 is 0 Å². The van der Waals surface area contributed by atoms with Crippen LogP contribution in [0.15, 0.2) is 23.1 Å². The summed E-state index contributed by atoms with van der Waals surface area (Å²) in [5, 5.41) is 2.80. The standard InChI is InChI=1S/C13H21N3O2/c1-13(2,9-16(3)4)8-15-12(18)10-6-5-7-14-11(10)17/h5-7H,8-9H2,1-4H3,(H,14,17)(H,15,18). The molecule has 1 heterocycles. The van der Waals surface area contributed by atoms with Gasteiger partial charge in [0, 0.05) is 19.3 Å². The van der Waals surface area contributed by atoms with E-state index in [0.29, 0.717) is 6.54 Å². The fourth-order valence-corrected chi connectivity index (χ4v) is 1.93. The highest BCUT2D eigenvalue weighted by molar-refractivity contribution is 5.93. The fraction of sp³-hybridized carbons (Fsp3) is 0.538. The van der Waals surface area contributed by atoms with Crippen LogP contribution < -0.4 is 10.9 Å². The summed E-state index contributed by atoms with van der Waals surface area (Å²) in [6.45, 7) is 5.53. The van der Waals surface area contributed by atoms with Gasteiger partial charge in [0.2, 0.25) is 0 Å². The number of carbonyl (C=O) groups is 1. The molecule has 0 aliphatic rings. The van der Waals surface area contributed by atoms with Crippen molar-refractivity contribution in [2.24, 2.45) is 5.41 Å². The third-order valence-electron chi connectivity index (χ3n) is 2.53. The van der Waals surface area contributed by atoms with Crippen molar-refractivity contribution in [1.82, 2.24) is 15.2 Å². The van der Waals surface area contributed by atoms with Crippen LogP contribution in [0.5, 0.6) is 0 Å². The third kappa shape index (κ3) is 4.33. The smallest absolute Gasteiger partial charge is 0.260 e. The van der Waals surface area contributed by atoms with Crippen molar-refractivity contribution in [3.05, 3.63) is 34.2 Å². The lowest BCUT2D eigenvalue weighted by molar-refractivity contribution is 0.0927. The summed E-state index contributed by atoms with van der Waals surface area (Å²) in [6.07, 6.45) is 1.51. The van der Waals surface area contributed by atoms with Crippen molar-refractivity contribution >= 4 is 5.91 Å². The molecule has 0 saturated heterocycles. The summed E-state index contributed by atoms with van der Waals surface area (Å²) in [7, 11) is 3.98. The molecule has 1 aromatic heterocycles. The molecule has 0 aliphatic carbocycles. The molecule has 0 bridgehead atoms. The number of H-pyrrole nitrogens is 1. The Morgan fingerprint density at radius 3 is 2.67 bits per heavy atom. The van der Waals surface area contributed by atoms with Crippen molar-refractivity contribution in [3.63, 3.8) is 0 Å². The number of carbonyl (C=O) groups excluding carboxylic acids is 1. The van der Waals surface area contributed by atoms with Crippen molar-refractivity contribution < 1.29 is 4.79 Å². The minimum absolute atomic E-state index is 0.0410. The molecule has 5 heteroatoms. The molecule has 0 radical (unpaired) electrons. The number of pyridine rings is 1. The molecule has 5 nitrogen and oxygen atoms in total. The molecule has 0 spiro atoms. The van der Waals surface area contributed by atoms with E-state index >= 15 is 0 Å². The Labute approximate surface area is 107 Å².